The predicted octanol–water partition coefficient (Wildman–Crippen LogP) is 4.48. The van der Waals surface area contributed by atoms with Crippen molar-refractivity contribution in [3.63, 3.8) is 0 Å². The van der Waals surface area contributed by atoms with Gasteiger partial charge in [-0.15, -0.1) is 0 Å². The number of hydrogen-bond acceptors (Lipinski definition) is 1. The number of aromatic nitrogens is 1. The molecule has 1 aromatic carbocycles. The van der Waals surface area contributed by atoms with E-state index < -0.39 is 0 Å². The van der Waals surface area contributed by atoms with Crippen LogP contribution < -0.4 is 0 Å². The Bertz CT molecular complexity index is 678. The van der Waals surface area contributed by atoms with Gasteiger partial charge in [-0.25, -0.2) is 0 Å². The average molecular weight is 298 g/mol. The molecule has 1 N–H and O–H groups in total. The third kappa shape index (κ3) is 2.65. The van der Waals surface area contributed by atoms with Crippen molar-refractivity contribution in [1.29, 1.82) is 0 Å². The van der Waals surface area contributed by atoms with Crippen molar-refractivity contribution in [2.24, 2.45) is 0 Å². The van der Waals surface area contributed by atoms with Crippen molar-refractivity contribution in [3.05, 3.63) is 35.5 Å². The van der Waals surface area contributed by atoms with Crippen molar-refractivity contribution in [2.45, 2.75) is 51.9 Å². The lowest BCUT2D eigenvalue weighted by Gasteiger charge is -2.31. The number of carbonyl (C=O) groups excluding carboxylic acids is 1. The number of rotatable bonds is 3. The second-order valence-electron chi connectivity index (χ2n) is 7.05. The molecule has 3 nitrogen and oxygen atoms in total. The molecule has 0 radical (unpaired) electrons. The summed E-state index contributed by atoms with van der Waals surface area (Å²) < 4.78 is 0. The Hall–Kier alpha value is -1.77. The van der Waals surface area contributed by atoms with Crippen molar-refractivity contribution < 1.29 is 4.79 Å². The van der Waals surface area contributed by atoms with Crippen molar-refractivity contribution in [3.8, 4) is 0 Å². The van der Waals surface area contributed by atoms with Crippen molar-refractivity contribution >= 4 is 16.8 Å². The molecular formula is C19H26N2O. The molecule has 3 rings (SSSR count). The molecule has 2 heterocycles. The number of carbonyl (C=O) groups is 1. The Labute approximate surface area is 132 Å². The van der Waals surface area contributed by atoms with Crippen LogP contribution in [0.15, 0.2) is 24.4 Å². The number of benzene rings is 1. The molecule has 0 bridgehead atoms. The summed E-state index contributed by atoms with van der Waals surface area (Å²) in [6.07, 6.45) is 6.46. The van der Waals surface area contributed by atoms with Gasteiger partial charge in [0.2, 0.25) is 0 Å². The topological polar surface area (TPSA) is 36.1 Å². The van der Waals surface area contributed by atoms with E-state index in [1.807, 2.05) is 17.2 Å². The van der Waals surface area contributed by atoms with E-state index in [9.17, 15) is 4.79 Å². The van der Waals surface area contributed by atoms with Gasteiger partial charge in [-0.3, -0.25) is 4.79 Å². The Morgan fingerprint density at radius 1 is 1.23 bits per heavy atom. The minimum absolute atomic E-state index is 0.0000795. The van der Waals surface area contributed by atoms with Crippen LogP contribution in [0.1, 0.15) is 62.4 Å². The summed E-state index contributed by atoms with van der Waals surface area (Å²) in [5.74, 6) is 0.208. The zero-order valence-corrected chi connectivity index (χ0v) is 13.9. The molecule has 0 aliphatic carbocycles. The van der Waals surface area contributed by atoms with Gasteiger partial charge in [0.25, 0.3) is 5.91 Å². The van der Waals surface area contributed by atoms with E-state index in [1.54, 1.807) is 0 Å². The molecule has 22 heavy (non-hydrogen) atoms. The molecule has 118 valence electrons. The fourth-order valence-electron chi connectivity index (χ4n) is 3.30. The quantitative estimate of drug-likeness (QED) is 0.891. The first-order valence-electron chi connectivity index (χ1n) is 8.44. The van der Waals surface area contributed by atoms with Crippen LogP contribution in [0.5, 0.6) is 0 Å². The van der Waals surface area contributed by atoms with Crippen molar-refractivity contribution in [1.82, 2.24) is 9.88 Å². The number of likely N-dealkylation sites (tertiary alicyclic amines) is 1. The summed E-state index contributed by atoms with van der Waals surface area (Å²) in [5, 5.41) is 1.12. The molecule has 1 saturated heterocycles. The van der Waals surface area contributed by atoms with Gasteiger partial charge in [-0.05, 0) is 54.9 Å². The minimum Gasteiger partial charge on any atom is -0.361 e. The lowest BCUT2D eigenvalue weighted by atomic mass is 9.79. The third-order valence-electron chi connectivity index (χ3n) is 5.18. The van der Waals surface area contributed by atoms with Crippen LogP contribution in [0.25, 0.3) is 10.9 Å². The lowest BCUT2D eigenvalue weighted by Crippen LogP contribution is -2.37. The Balaban J connectivity index is 2.09. The maximum atomic E-state index is 13.1. The highest BCUT2D eigenvalue weighted by molar-refractivity contribution is 6.00. The fourth-order valence-corrected chi connectivity index (χ4v) is 3.30. The number of nitrogens with zero attached hydrogens (tertiary/aromatic N) is 1. The smallest absolute Gasteiger partial charge is 0.254 e. The van der Waals surface area contributed by atoms with Crippen LogP contribution in [-0.2, 0) is 5.41 Å². The first kappa shape index (κ1) is 15.1. The van der Waals surface area contributed by atoms with Crippen LogP contribution >= 0.6 is 0 Å². The van der Waals surface area contributed by atoms with E-state index in [0.29, 0.717) is 0 Å². The summed E-state index contributed by atoms with van der Waals surface area (Å²) in [6, 6.07) is 6.30. The largest absolute Gasteiger partial charge is 0.361 e. The minimum atomic E-state index is 0.0000795. The number of hydrogen-bond donors (Lipinski definition) is 1. The molecule has 1 fully saturated rings. The van der Waals surface area contributed by atoms with Crippen molar-refractivity contribution in [2.75, 3.05) is 13.1 Å². The highest BCUT2D eigenvalue weighted by Gasteiger charge is 2.28. The summed E-state index contributed by atoms with van der Waals surface area (Å²) in [4.78, 5) is 18.4. The Kier molecular flexibility index (Phi) is 3.98. The number of piperidine rings is 1. The second kappa shape index (κ2) is 5.79. The van der Waals surface area contributed by atoms with Gasteiger partial charge in [0.15, 0.2) is 0 Å². The third-order valence-corrected chi connectivity index (χ3v) is 5.18. The zero-order chi connectivity index (χ0) is 15.7. The maximum Gasteiger partial charge on any atom is 0.254 e. The monoisotopic (exact) mass is 298 g/mol. The lowest BCUT2D eigenvalue weighted by molar-refractivity contribution is 0.0721. The van der Waals surface area contributed by atoms with E-state index in [0.717, 1.165) is 48.8 Å². The van der Waals surface area contributed by atoms with Gasteiger partial charge in [0.1, 0.15) is 0 Å². The van der Waals surface area contributed by atoms with Crippen LogP contribution in [0, 0.1) is 0 Å². The highest BCUT2D eigenvalue weighted by Crippen LogP contribution is 2.33. The summed E-state index contributed by atoms with van der Waals surface area (Å²) in [7, 11) is 0. The van der Waals surface area contributed by atoms with E-state index in [-0.39, 0.29) is 11.3 Å². The Morgan fingerprint density at radius 3 is 2.64 bits per heavy atom. The SMILES string of the molecule is CCC(C)(C)c1cc2[nH]ccc2cc1C(=O)N1CCCCC1. The standard InChI is InChI=1S/C19H26N2O/c1-4-19(2,3)16-13-17-14(8-9-20-17)12-15(16)18(22)21-10-6-5-7-11-21/h8-9,12-13,20H,4-7,10-11H2,1-3H3. The molecule has 3 heteroatoms. The van der Waals surface area contributed by atoms with E-state index in [1.165, 1.54) is 12.0 Å². The predicted molar refractivity (Wildman–Crippen MR) is 91.4 cm³/mol. The molecule has 0 saturated carbocycles. The first-order chi connectivity index (χ1) is 10.5. The van der Waals surface area contributed by atoms with Gasteiger partial charge in [0, 0.05) is 35.8 Å². The highest BCUT2D eigenvalue weighted by atomic mass is 16.2. The van der Waals surface area contributed by atoms with Gasteiger partial charge >= 0.3 is 0 Å². The Morgan fingerprint density at radius 2 is 1.95 bits per heavy atom. The number of amides is 1. The fraction of sp³-hybridized carbons (Fsp3) is 0.526. The number of aromatic amines is 1. The average Bonchev–Trinajstić information content (AvgIpc) is 3.01. The van der Waals surface area contributed by atoms with E-state index in [4.69, 9.17) is 0 Å². The molecule has 2 aromatic rings. The molecule has 1 aliphatic heterocycles. The molecule has 1 aromatic heterocycles. The molecule has 0 spiro atoms. The van der Waals surface area contributed by atoms with Crippen LogP contribution in [-0.4, -0.2) is 28.9 Å². The van der Waals surface area contributed by atoms with Gasteiger partial charge in [-0.2, -0.15) is 0 Å². The van der Waals surface area contributed by atoms with Crippen LogP contribution in [0.4, 0.5) is 0 Å². The maximum absolute atomic E-state index is 13.1. The number of fused-ring (bicyclic) bond motifs is 1. The molecular weight excluding hydrogens is 272 g/mol. The molecule has 0 atom stereocenters. The van der Waals surface area contributed by atoms with Crippen LogP contribution in [0.3, 0.4) is 0 Å². The van der Waals surface area contributed by atoms with Gasteiger partial charge < -0.3 is 9.88 Å². The zero-order valence-electron chi connectivity index (χ0n) is 13.9. The summed E-state index contributed by atoms with van der Waals surface area (Å²) in [5.41, 5.74) is 3.17. The molecule has 1 aliphatic rings. The van der Waals surface area contributed by atoms with Crippen LogP contribution in [0.2, 0.25) is 0 Å². The summed E-state index contributed by atoms with van der Waals surface area (Å²) in [6.45, 7) is 8.44. The molecule has 1 amide bonds. The summed E-state index contributed by atoms with van der Waals surface area (Å²) >= 11 is 0. The number of H-pyrrole nitrogens is 1. The van der Waals surface area contributed by atoms with E-state index >= 15 is 0 Å². The second-order valence-corrected chi connectivity index (χ2v) is 7.05. The van der Waals surface area contributed by atoms with Gasteiger partial charge in [-0.1, -0.05) is 20.8 Å². The normalized spacial score (nSPS) is 16.2. The molecule has 0 unspecified atom stereocenters. The first-order valence-corrected chi connectivity index (χ1v) is 8.44. The van der Waals surface area contributed by atoms with Gasteiger partial charge in [0.05, 0.1) is 0 Å². The number of nitrogens with one attached hydrogen (secondary N) is 1. The van der Waals surface area contributed by atoms with E-state index in [2.05, 4.69) is 37.9 Å².